The molecule has 0 heterocycles. The number of benzene rings is 2. The van der Waals surface area contributed by atoms with Gasteiger partial charge >= 0.3 is 6.09 Å². The van der Waals surface area contributed by atoms with Crippen LogP contribution in [0.3, 0.4) is 0 Å². The summed E-state index contributed by atoms with van der Waals surface area (Å²) < 4.78 is 0. The molecule has 0 radical (unpaired) electrons. The van der Waals surface area contributed by atoms with E-state index in [4.69, 9.17) is 5.11 Å². The van der Waals surface area contributed by atoms with E-state index < -0.39 is 36.3 Å². The lowest BCUT2D eigenvalue weighted by Crippen LogP contribution is -2.60. The molecular formula is C20H24N2O6. The number of aromatic hydroxyl groups is 1. The van der Waals surface area contributed by atoms with Crippen molar-refractivity contribution in [2.45, 2.75) is 31.0 Å². The molecule has 0 saturated heterocycles. The Kier molecular flexibility index (Phi) is 6.97. The van der Waals surface area contributed by atoms with E-state index in [2.05, 4.69) is 10.6 Å². The summed E-state index contributed by atoms with van der Waals surface area (Å²) in [6.45, 7) is 0.872. The second kappa shape index (κ2) is 9.20. The molecule has 0 aliphatic heterocycles. The summed E-state index contributed by atoms with van der Waals surface area (Å²) in [7, 11) is 0. The van der Waals surface area contributed by atoms with Gasteiger partial charge in [-0.1, -0.05) is 42.5 Å². The normalized spacial score (nSPS) is 15.1. The van der Waals surface area contributed by atoms with E-state index in [1.54, 1.807) is 42.5 Å². The Labute approximate surface area is 162 Å². The van der Waals surface area contributed by atoms with Gasteiger partial charge in [0.1, 0.15) is 17.4 Å². The van der Waals surface area contributed by atoms with Crippen molar-refractivity contribution in [1.29, 1.82) is 0 Å². The van der Waals surface area contributed by atoms with Gasteiger partial charge in [-0.25, -0.2) is 4.79 Å². The third-order valence-corrected chi connectivity index (χ3v) is 4.41. The topological polar surface area (TPSA) is 139 Å². The van der Waals surface area contributed by atoms with Gasteiger partial charge in [-0.15, -0.1) is 0 Å². The number of nitrogens with one attached hydrogen (secondary N) is 2. The van der Waals surface area contributed by atoms with Crippen LogP contribution in [-0.2, 0) is 11.2 Å². The monoisotopic (exact) mass is 388 g/mol. The Balaban J connectivity index is 2.20. The number of carbonyl (C=O) groups is 2. The van der Waals surface area contributed by atoms with Crippen LogP contribution in [0.1, 0.15) is 24.2 Å². The van der Waals surface area contributed by atoms with Crippen molar-refractivity contribution >= 4 is 12.0 Å². The van der Waals surface area contributed by atoms with Gasteiger partial charge in [0.2, 0.25) is 5.91 Å². The molecule has 28 heavy (non-hydrogen) atoms. The van der Waals surface area contributed by atoms with E-state index in [1.807, 2.05) is 0 Å². The first-order valence-electron chi connectivity index (χ1n) is 8.69. The lowest BCUT2D eigenvalue weighted by molar-refractivity contribution is -0.129. The van der Waals surface area contributed by atoms with Crippen LogP contribution < -0.4 is 10.6 Å². The van der Waals surface area contributed by atoms with Crippen LogP contribution >= 0.6 is 0 Å². The van der Waals surface area contributed by atoms with Gasteiger partial charge in [-0.2, -0.15) is 0 Å². The quantitative estimate of drug-likeness (QED) is 0.401. The number of phenols is 1. The first-order valence-corrected chi connectivity index (χ1v) is 8.69. The van der Waals surface area contributed by atoms with Crippen molar-refractivity contribution in [3.63, 3.8) is 0 Å². The molecule has 0 aliphatic rings. The molecule has 3 unspecified atom stereocenters. The number of rotatable bonds is 8. The van der Waals surface area contributed by atoms with Crippen molar-refractivity contribution in [3.05, 3.63) is 65.7 Å². The summed E-state index contributed by atoms with van der Waals surface area (Å²) in [6, 6.07) is 13.5. The number of hydrogen-bond donors (Lipinski definition) is 6. The SMILES string of the molecule is CC(Cc1ccc(O)cc1)(NC(=O)O)C(=O)NC(CO)C(O)c1ccccc1. The molecule has 0 spiro atoms. The summed E-state index contributed by atoms with van der Waals surface area (Å²) in [5.41, 5.74) is -0.436. The molecule has 0 fully saturated rings. The molecule has 0 aromatic heterocycles. The fourth-order valence-corrected chi connectivity index (χ4v) is 2.87. The van der Waals surface area contributed by atoms with Crippen LogP contribution in [0.15, 0.2) is 54.6 Å². The van der Waals surface area contributed by atoms with Gasteiger partial charge in [-0.05, 0) is 30.2 Å². The van der Waals surface area contributed by atoms with E-state index in [0.29, 0.717) is 11.1 Å². The van der Waals surface area contributed by atoms with Crippen molar-refractivity contribution in [2.24, 2.45) is 0 Å². The fraction of sp³-hybridized carbons (Fsp3) is 0.300. The van der Waals surface area contributed by atoms with Gasteiger partial charge in [0.15, 0.2) is 0 Å². The minimum atomic E-state index is -1.56. The molecule has 2 aromatic carbocycles. The number of aliphatic hydroxyl groups excluding tert-OH is 2. The fourth-order valence-electron chi connectivity index (χ4n) is 2.87. The number of carbonyl (C=O) groups excluding carboxylic acids is 1. The van der Waals surface area contributed by atoms with Crippen molar-refractivity contribution in [1.82, 2.24) is 10.6 Å². The zero-order valence-corrected chi connectivity index (χ0v) is 15.4. The molecule has 0 saturated carbocycles. The number of hydrogen-bond acceptors (Lipinski definition) is 5. The Morgan fingerprint density at radius 3 is 2.21 bits per heavy atom. The van der Waals surface area contributed by atoms with Crippen LogP contribution in [0.4, 0.5) is 4.79 Å². The average molecular weight is 388 g/mol. The highest BCUT2D eigenvalue weighted by molar-refractivity contribution is 5.89. The highest BCUT2D eigenvalue weighted by Crippen LogP contribution is 2.20. The highest BCUT2D eigenvalue weighted by Gasteiger charge is 2.37. The second-order valence-corrected chi connectivity index (χ2v) is 6.72. The molecule has 3 atom stereocenters. The Morgan fingerprint density at radius 1 is 1.07 bits per heavy atom. The first kappa shape index (κ1) is 21.2. The van der Waals surface area contributed by atoms with E-state index in [9.17, 15) is 24.9 Å². The van der Waals surface area contributed by atoms with Crippen LogP contribution in [0.5, 0.6) is 5.75 Å². The van der Waals surface area contributed by atoms with Gasteiger partial charge in [-0.3, -0.25) is 4.79 Å². The summed E-state index contributed by atoms with van der Waals surface area (Å²) >= 11 is 0. The number of carboxylic acid groups (broad SMARTS) is 1. The van der Waals surface area contributed by atoms with Crippen LogP contribution in [0, 0.1) is 0 Å². The minimum absolute atomic E-state index is 0.00495. The zero-order valence-electron chi connectivity index (χ0n) is 15.4. The van der Waals surface area contributed by atoms with Crippen LogP contribution in [-0.4, -0.2) is 50.6 Å². The molecule has 6 N–H and O–H groups in total. The smallest absolute Gasteiger partial charge is 0.405 e. The molecule has 2 aromatic rings. The standard InChI is InChI=1S/C20H24N2O6/c1-20(22-19(27)28,11-13-7-9-15(24)10-8-13)18(26)21-16(12-23)17(25)14-5-3-2-4-6-14/h2-10,16-17,22-25H,11-12H2,1H3,(H,21,26)(H,27,28). The van der Waals surface area contributed by atoms with E-state index in [-0.39, 0.29) is 12.2 Å². The Hall–Kier alpha value is -3.10. The first-order chi connectivity index (χ1) is 13.2. The molecule has 2 amide bonds. The third-order valence-electron chi connectivity index (χ3n) is 4.41. The predicted octanol–water partition coefficient (Wildman–Crippen LogP) is 1.17. The Morgan fingerprint density at radius 2 is 1.68 bits per heavy atom. The maximum Gasteiger partial charge on any atom is 0.405 e. The lowest BCUT2D eigenvalue weighted by atomic mass is 9.91. The van der Waals surface area contributed by atoms with Crippen molar-refractivity contribution in [2.75, 3.05) is 6.61 Å². The zero-order chi connectivity index (χ0) is 20.7. The van der Waals surface area contributed by atoms with E-state index in [0.717, 1.165) is 0 Å². The Bertz CT molecular complexity index is 796. The molecule has 0 bridgehead atoms. The van der Waals surface area contributed by atoms with Gasteiger partial charge in [0, 0.05) is 6.42 Å². The summed E-state index contributed by atoms with van der Waals surface area (Å²) in [5.74, 6) is -0.649. The molecule has 2 rings (SSSR count). The predicted molar refractivity (Wildman–Crippen MR) is 102 cm³/mol. The van der Waals surface area contributed by atoms with Gasteiger partial charge in [0.25, 0.3) is 0 Å². The molecule has 8 heteroatoms. The molecule has 8 nitrogen and oxygen atoms in total. The largest absolute Gasteiger partial charge is 0.508 e. The number of aliphatic hydroxyl groups is 2. The van der Waals surface area contributed by atoms with Gasteiger partial charge in [0.05, 0.1) is 12.6 Å². The molecular weight excluding hydrogens is 364 g/mol. The third kappa shape index (κ3) is 5.45. The van der Waals surface area contributed by atoms with Crippen LogP contribution in [0.25, 0.3) is 0 Å². The maximum absolute atomic E-state index is 12.9. The van der Waals surface area contributed by atoms with Crippen molar-refractivity contribution in [3.8, 4) is 5.75 Å². The van der Waals surface area contributed by atoms with E-state index >= 15 is 0 Å². The van der Waals surface area contributed by atoms with Crippen LogP contribution in [0.2, 0.25) is 0 Å². The number of amides is 2. The second-order valence-electron chi connectivity index (χ2n) is 6.72. The highest BCUT2D eigenvalue weighted by atomic mass is 16.4. The van der Waals surface area contributed by atoms with Gasteiger partial charge < -0.3 is 31.1 Å². The molecule has 150 valence electrons. The number of phenolic OH excluding ortho intramolecular Hbond substituents is 1. The lowest BCUT2D eigenvalue weighted by Gasteiger charge is -2.32. The van der Waals surface area contributed by atoms with E-state index in [1.165, 1.54) is 19.1 Å². The summed E-state index contributed by atoms with van der Waals surface area (Å²) in [6.07, 6.45) is -2.55. The van der Waals surface area contributed by atoms with Crippen molar-refractivity contribution < 1.29 is 30.0 Å². The summed E-state index contributed by atoms with van der Waals surface area (Å²) in [5, 5.41) is 43.4. The maximum atomic E-state index is 12.9. The average Bonchev–Trinajstić information content (AvgIpc) is 2.67. The summed E-state index contributed by atoms with van der Waals surface area (Å²) in [4.78, 5) is 24.1. The minimum Gasteiger partial charge on any atom is -0.508 e. The molecule has 0 aliphatic carbocycles.